The first-order valence-electron chi connectivity index (χ1n) is 11.2. The van der Waals surface area contributed by atoms with Gasteiger partial charge in [0.15, 0.2) is 16.6 Å². The number of amides is 2. The van der Waals surface area contributed by atoms with Crippen LogP contribution in [0.15, 0.2) is 18.2 Å². The number of piperidine rings is 1. The Balaban J connectivity index is 1.20. The fourth-order valence-corrected chi connectivity index (χ4v) is 5.45. The van der Waals surface area contributed by atoms with Crippen LogP contribution in [0.4, 0.5) is 10.8 Å². The first-order valence-corrected chi connectivity index (χ1v) is 12.0. The lowest BCUT2D eigenvalue weighted by Gasteiger charge is -2.29. The Morgan fingerprint density at radius 3 is 2.84 bits per heavy atom. The van der Waals surface area contributed by atoms with Gasteiger partial charge in [0.1, 0.15) is 0 Å². The molecule has 3 aliphatic heterocycles. The maximum Gasteiger partial charge on any atom is 0.231 e. The van der Waals surface area contributed by atoms with Crippen LogP contribution < -0.4 is 19.7 Å². The van der Waals surface area contributed by atoms with Crippen LogP contribution in [-0.4, -0.2) is 48.1 Å². The first kappa shape index (κ1) is 21.2. The predicted molar refractivity (Wildman–Crippen MR) is 122 cm³/mol. The monoisotopic (exact) mass is 456 g/mol. The van der Waals surface area contributed by atoms with Crippen molar-refractivity contribution < 1.29 is 19.1 Å². The van der Waals surface area contributed by atoms with Crippen molar-refractivity contribution in [2.75, 3.05) is 36.6 Å². The molecule has 5 rings (SSSR count). The molecule has 0 radical (unpaired) electrons. The van der Waals surface area contributed by atoms with Gasteiger partial charge in [0.25, 0.3) is 0 Å². The van der Waals surface area contributed by atoms with Gasteiger partial charge < -0.3 is 19.7 Å². The highest BCUT2D eigenvalue weighted by Gasteiger charge is 2.36. The zero-order valence-electron chi connectivity index (χ0n) is 18.4. The van der Waals surface area contributed by atoms with Gasteiger partial charge in [0, 0.05) is 36.1 Å². The van der Waals surface area contributed by atoms with E-state index in [4.69, 9.17) is 9.47 Å². The van der Waals surface area contributed by atoms with Crippen molar-refractivity contribution in [1.29, 1.82) is 0 Å². The molecule has 8 nitrogen and oxygen atoms in total. The number of carbonyl (C=O) groups is 2. The van der Waals surface area contributed by atoms with Crippen molar-refractivity contribution in [2.45, 2.75) is 39.7 Å². The summed E-state index contributed by atoms with van der Waals surface area (Å²) in [6.07, 6.45) is 2.65. The van der Waals surface area contributed by atoms with Gasteiger partial charge in [0.2, 0.25) is 18.6 Å². The molecule has 1 aromatic carbocycles. The SMILES string of the molecule is Cc1nc(NC(=O)C2CC(=O)N(c3ccc4c(c3)OCO4)C2)sc1CN1CCC(C)CC1. The van der Waals surface area contributed by atoms with Gasteiger partial charge in [-0.05, 0) is 50.9 Å². The third-order valence-electron chi connectivity index (χ3n) is 6.53. The van der Waals surface area contributed by atoms with Crippen molar-refractivity contribution in [2.24, 2.45) is 11.8 Å². The Bertz CT molecular complexity index is 1030. The predicted octanol–water partition coefficient (Wildman–Crippen LogP) is 3.40. The smallest absolute Gasteiger partial charge is 0.231 e. The van der Waals surface area contributed by atoms with Gasteiger partial charge in [-0.25, -0.2) is 4.98 Å². The zero-order chi connectivity index (χ0) is 22.2. The summed E-state index contributed by atoms with van der Waals surface area (Å²) in [5.41, 5.74) is 1.69. The average Bonchev–Trinajstić information content (AvgIpc) is 3.48. The number of hydrogen-bond donors (Lipinski definition) is 1. The van der Waals surface area contributed by atoms with Crippen molar-refractivity contribution in [1.82, 2.24) is 9.88 Å². The van der Waals surface area contributed by atoms with E-state index in [1.807, 2.05) is 13.0 Å². The standard InChI is InChI=1S/C23H28N4O4S/c1-14-5-7-26(8-6-14)12-20-15(2)24-23(32-20)25-22(29)16-9-21(28)27(11-16)17-3-4-18-19(10-17)31-13-30-18/h3-4,10,14,16H,5-9,11-13H2,1-2H3,(H,24,25,29). The third-order valence-corrected chi connectivity index (χ3v) is 7.59. The largest absolute Gasteiger partial charge is 0.454 e. The van der Waals surface area contributed by atoms with E-state index in [9.17, 15) is 9.59 Å². The molecular formula is C23H28N4O4S. The van der Waals surface area contributed by atoms with Crippen molar-refractivity contribution in [3.05, 3.63) is 28.8 Å². The molecule has 2 aromatic rings. The highest BCUT2D eigenvalue weighted by Crippen LogP contribution is 2.37. The number of benzene rings is 1. The van der Waals surface area contributed by atoms with Crippen molar-refractivity contribution in [3.8, 4) is 11.5 Å². The number of anilines is 2. The quantitative estimate of drug-likeness (QED) is 0.742. The van der Waals surface area contributed by atoms with Crippen LogP contribution in [-0.2, 0) is 16.1 Å². The van der Waals surface area contributed by atoms with E-state index >= 15 is 0 Å². The molecule has 0 saturated carbocycles. The molecule has 4 heterocycles. The Hall–Kier alpha value is -2.65. The lowest BCUT2D eigenvalue weighted by Crippen LogP contribution is -2.32. The van der Waals surface area contributed by atoms with E-state index in [0.717, 1.165) is 36.9 Å². The highest BCUT2D eigenvalue weighted by molar-refractivity contribution is 7.15. The van der Waals surface area contributed by atoms with E-state index < -0.39 is 5.92 Å². The summed E-state index contributed by atoms with van der Waals surface area (Å²) in [4.78, 5) is 35.4. The van der Waals surface area contributed by atoms with Gasteiger partial charge in [-0.2, -0.15) is 0 Å². The van der Waals surface area contributed by atoms with E-state index in [1.165, 1.54) is 29.1 Å². The lowest BCUT2D eigenvalue weighted by atomic mass is 9.99. The molecule has 3 aliphatic rings. The first-order chi connectivity index (χ1) is 15.5. The summed E-state index contributed by atoms with van der Waals surface area (Å²) in [6.45, 7) is 7.93. The number of nitrogens with zero attached hydrogens (tertiary/aromatic N) is 3. The Labute approximate surface area is 191 Å². The molecule has 0 aliphatic carbocycles. The van der Waals surface area contributed by atoms with Crippen LogP contribution in [0.25, 0.3) is 0 Å². The molecule has 0 spiro atoms. The molecule has 2 saturated heterocycles. The summed E-state index contributed by atoms with van der Waals surface area (Å²) in [5.74, 6) is 1.45. The summed E-state index contributed by atoms with van der Waals surface area (Å²) in [7, 11) is 0. The summed E-state index contributed by atoms with van der Waals surface area (Å²) >= 11 is 1.54. The number of fused-ring (bicyclic) bond motifs is 1. The van der Waals surface area contributed by atoms with Crippen LogP contribution in [0.3, 0.4) is 0 Å². The van der Waals surface area contributed by atoms with Crippen LogP contribution in [0.5, 0.6) is 11.5 Å². The second-order valence-electron chi connectivity index (χ2n) is 8.92. The van der Waals surface area contributed by atoms with Gasteiger partial charge in [-0.3, -0.25) is 14.5 Å². The molecule has 9 heteroatoms. The molecule has 1 unspecified atom stereocenters. The van der Waals surface area contributed by atoms with Crippen LogP contribution in [0, 0.1) is 18.8 Å². The number of nitrogens with one attached hydrogen (secondary N) is 1. The van der Waals surface area contributed by atoms with E-state index in [0.29, 0.717) is 23.2 Å². The molecule has 1 atom stereocenters. The van der Waals surface area contributed by atoms with Gasteiger partial charge in [-0.15, -0.1) is 11.3 Å². The Kier molecular flexibility index (Phi) is 5.77. The van der Waals surface area contributed by atoms with Gasteiger partial charge in [-0.1, -0.05) is 6.92 Å². The maximum atomic E-state index is 12.9. The number of rotatable bonds is 5. The van der Waals surface area contributed by atoms with Gasteiger partial charge in [0.05, 0.1) is 11.6 Å². The minimum Gasteiger partial charge on any atom is -0.454 e. The van der Waals surface area contributed by atoms with Crippen LogP contribution in [0.2, 0.25) is 0 Å². The molecular weight excluding hydrogens is 428 g/mol. The zero-order valence-corrected chi connectivity index (χ0v) is 19.2. The number of aromatic nitrogens is 1. The Morgan fingerprint density at radius 1 is 1.25 bits per heavy atom. The summed E-state index contributed by atoms with van der Waals surface area (Å²) in [6, 6.07) is 5.41. The molecule has 0 bridgehead atoms. The number of hydrogen-bond acceptors (Lipinski definition) is 7. The molecule has 1 aromatic heterocycles. The Morgan fingerprint density at radius 2 is 2.03 bits per heavy atom. The third kappa shape index (κ3) is 4.31. The van der Waals surface area contributed by atoms with Crippen LogP contribution >= 0.6 is 11.3 Å². The minimum atomic E-state index is -0.413. The van der Waals surface area contributed by atoms with Crippen molar-refractivity contribution >= 4 is 34.0 Å². The number of thiazole rings is 1. The highest BCUT2D eigenvalue weighted by atomic mass is 32.1. The normalized spacial score (nSPS) is 21.4. The second kappa shape index (κ2) is 8.71. The molecule has 1 N–H and O–H groups in total. The lowest BCUT2D eigenvalue weighted by molar-refractivity contribution is -0.122. The molecule has 2 fully saturated rings. The number of likely N-dealkylation sites (tertiary alicyclic amines) is 1. The number of carbonyl (C=O) groups excluding carboxylic acids is 2. The maximum absolute atomic E-state index is 12.9. The van der Waals surface area contributed by atoms with Crippen molar-refractivity contribution in [3.63, 3.8) is 0 Å². The average molecular weight is 457 g/mol. The summed E-state index contributed by atoms with van der Waals surface area (Å²) in [5, 5.41) is 3.56. The minimum absolute atomic E-state index is 0.0700. The molecule has 32 heavy (non-hydrogen) atoms. The topological polar surface area (TPSA) is 84.0 Å². The van der Waals surface area contributed by atoms with E-state index in [1.54, 1.807) is 17.0 Å². The molecule has 2 amide bonds. The van der Waals surface area contributed by atoms with Gasteiger partial charge >= 0.3 is 0 Å². The van der Waals surface area contributed by atoms with Crippen LogP contribution in [0.1, 0.15) is 36.8 Å². The van der Waals surface area contributed by atoms with E-state index in [2.05, 4.69) is 22.1 Å². The fourth-order valence-electron chi connectivity index (χ4n) is 4.44. The molecule has 170 valence electrons. The second-order valence-corrected chi connectivity index (χ2v) is 10.0. The summed E-state index contributed by atoms with van der Waals surface area (Å²) < 4.78 is 10.7. The number of aryl methyl sites for hydroxylation is 1. The fraction of sp³-hybridized carbons (Fsp3) is 0.522. The van der Waals surface area contributed by atoms with E-state index in [-0.39, 0.29) is 25.0 Å². The number of ether oxygens (including phenoxy) is 2.